The van der Waals surface area contributed by atoms with Crippen LogP contribution in [0.2, 0.25) is 0 Å². The third kappa shape index (κ3) is 5.62. The highest BCUT2D eigenvalue weighted by atomic mass is 15.0. The van der Waals surface area contributed by atoms with Crippen LogP contribution in [0.4, 0.5) is 0 Å². The molecular formula is C58H39N3. The maximum absolute atomic E-state index is 5.37. The molecule has 0 bridgehead atoms. The lowest BCUT2D eigenvalue weighted by Gasteiger charge is -2.22. The molecule has 3 nitrogen and oxygen atoms in total. The van der Waals surface area contributed by atoms with Gasteiger partial charge in [-0.05, 0) is 94.0 Å². The fourth-order valence-corrected chi connectivity index (χ4v) is 9.86. The van der Waals surface area contributed by atoms with Gasteiger partial charge >= 0.3 is 0 Å². The summed E-state index contributed by atoms with van der Waals surface area (Å²) in [6.45, 7) is 4.70. The molecule has 0 amide bonds. The molecule has 12 rings (SSSR count). The first-order valence-electron chi connectivity index (χ1n) is 21.0. The number of rotatable bonds is 6. The third-order valence-electron chi connectivity index (χ3n) is 12.9. The van der Waals surface area contributed by atoms with E-state index in [1.165, 1.54) is 71.3 Å². The number of nitrogens with zero attached hydrogens (tertiary/aromatic N) is 3. The summed E-state index contributed by atoms with van der Waals surface area (Å²) in [5.74, 6) is 1.94. The van der Waals surface area contributed by atoms with Crippen molar-refractivity contribution in [2.75, 3.05) is 0 Å². The normalized spacial score (nSPS) is 12.9. The summed E-state index contributed by atoms with van der Waals surface area (Å²) in [5, 5.41) is 7.80. The molecule has 10 aromatic carbocycles. The van der Waals surface area contributed by atoms with Gasteiger partial charge in [-0.25, -0.2) is 15.0 Å². The molecule has 0 unspecified atom stereocenters. The maximum Gasteiger partial charge on any atom is 0.164 e. The van der Waals surface area contributed by atoms with Gasteiger partial charge in [0.25, 0.3) is 0 Å². The zero-order valence-electron chi connectivity index (χ0n) is 33.9. The fourth-order valence-electron chi connectivity index (χ4n) is 9.86. The molecule has 0 spiro atoms. The second-order valence-corrected chi connectivity index (χ2v) is 16.7. The number of fused-ring (bicyclic) bond motifs is 3. The third-order valence-corrected chi connectivity index (χ3v) is 12.9. The van der Waals surface area contributed by atoms with Crippen LogP contribution in [0.3, 0.4) is 0 Å². The monoisotopic (exact) mass is 777 g/mol. The molecule has 0 saturated carbocycles. The van der Waals surface area contributed by atoms with Gasteiger partial charge in [-0.1, -0.05) is 208 Å². The van der Waals surface area contributed by atoms with Gasteiger partial charge in [0.05, 0.1) is 0 Å². The van der Waals surface area contributed by atoms with Crippen LogP contribution in [0, 0.1) is 0 Å². The molecule has 0 atom stereocenters. The van der Waals surface area contributed by atoms with Crippen LogP contribution >= 0.6 is 0 Å². The van der Waals surface area contributed by atoms with E-state index in [-0.39, 0.29) is 5.41 Å². The van der Waals surface area contributed by atoms with Crippen LogP contribution in [0.25, 0.3) is 111 Å². The molecule has 0 N–H and O–H groups in total. The Kier molecular flexibility index (Phi) is 7.88. The van der Waals surface area contributed by atoms with Crippen molar-refractivity contribution >= 4 is 32.3 Å². The second kappa shape index (κ2) is 13.7. The standard InChI is InChI=1S/C58H39N3/c1-58(2)50-22-12-21-49(54(50)48-34-31-43(35-51(48)58)45-32-29-41-26-25-39-17-11-18-40-30-33-46(45)53(41)52(39)40)57-60-55(42-27-23-37(24-28-42)36-13-5-3-6-14-36)59-56(61-57)47-20-10-9-19-44(47)38-15-7-4-8-16-38/h3-35H,1-2H3. The second-order valence-electron chi connectivity index (χ2n) is 16.7. The first-order valence-corrected chi connectivity index (χ1v) is 21.0. The van der Waals surface area contributed by atoms with Crippen LogP contribution in [0.15, 0.2) is 200 Å². The van der Waals surface area contributed by atoms with Crippen LogP contribution in [0.1, 0.15) is 25.0 Å². The smallest absolute Gasteiger partial charge is 0.164 e. The molecule has 0 radical (unpaired) electrons. The quantitative estimate of drug-likeness (QED) is 0.158. The van der Waals surface area contributed by atoms with Crippen molar-refractivity contribution in [2.45, 2.75) is 19.3 Å². The minimum absolute atomic E-state index is 0.258. The number of hydrogen-bond acceptors (Lipinski definition) is 3. The maximum atomic E-state index is 5.37. The molecule has 0 fully saturated rings. The Morgan fingerprint density at radius 3 is 1.59 bits per heavy atom. The molecule has 1 aromatic heterocycles. The molecule has 1 heterocycles. The molecule has 3 heteroatoms. The fraction of sp³-hybridized carbons (Fsp3) is 0.0517. The minimum Gasteiger partial charge on any atom is -0.208 e. The Morgan fingerprint density at radius 1 is 0.311 bits per heavy atom. The SMILES string of the molecule is CC1(C)c2cc(-c3ccc4ccc5cccc6ccc3c4c56)ccc2-c2c(-c3nc(-c4ccc(-c5ccccc5)cc4)nc(-c4ccccc4-c4ccccc4)n3)cccc21. The van der Waals surface area contributed by atoms with Gasteiger partial charge in [0, 0.05) is 22.1 Å². The molecule has 286 valence electrons. The zero-order chi connectivity index (χ0) is 40.7. The Labute approximate surface area is 355 Å². The average molecular weight is 778 g/mol. The summed E-state index contributed by atoms with van der Waals surface area (Å²) in [5.41, 5.74) is 14.6. The Hall–Kier alpha value is -7.75. The van der Waals surface area contributed by atoms with Crippen molar-refractivity contribution in [2.24, 2.45) is 0 Å². The molecule has 0 saturated heterocycles. The predicted octanol–water partition coefficient (Wildman–Crippen LogP) is 15.1. The van der Waals surface area contributed by atoms with E-state index in [0.717, 1.165) is 33.4 Å². The summed E-state index contributed by atoms with van der Waals surface area (Å²) >= 11 is 0. The highest BCUT2D eigenvalue weighted by molar-refractivity contribution is 6.25. The Balaban J connectivity index is 1.03. The van der Waals surface area contributed by atoms with E-state index in [9.17, 15) is 0 Å². The average Bonchev–Trinajstić information content (AvgIpc) is 3.56. The Bertz CT molecular complexity index is 3460. The van der Waals surface area contributed by atoms with Crippen molar-refractivity contribution < 1.29 is 0 Å². The molecule has 61 heavy (non-hydrogen) atoms. The highest BCUT2D eigenvalue weighted by Gasteiger charge is 2.38. The summed E-state index contributed by atoms with van der Waals surface area (Å²) < 4.78 is 0. The van der Waals surface area contributed by atoms with Crippen LogP contribution < -0.4 is 0 Å². The van der Waals surface area contributed by atoms with Crippen molar-refractivity contribution in [1.82, 2.24) is 15.0 Å². The number of benzene rings is 10. The van der Waals surface area contributed by atoms with Gasteiger partial charge in [-0.2, -0.15) is 0 Å². The lowest BCUT2D eigenvalue weighted by molar-refractivity contribution is 0.660. The molecule has 11 aromatic rings. The van der Waals surface area contributed by atoms with Crippen LogP contribution in [-0.4, -0.2) is 15.0 Å². The highest BCUT2D eigenvalue weighted by Crippen LogP contribution is 2.53. The van der Waals surface area contributed by atoms with Crippen molar-refractivity contribution in [1.29, 1.82) is 0 Å². The van der Waals surface area contributed by atoms with Gasteiger partial charge in [0.1, 0.15) is 0 Å². The van der Waals surface area contributed by atoms with Crippen molar-refractivity contribution in [3.63, 3.8) is 0 Å². The first-order chi connectivity index (χ1) is 30.0. The van der Waals surface area contributed by atoms with Crippen LogP contribution in [0.5, 0.6) is 0 Å². The molecular weight excluding hydrogens is 739 g/mol. The first kappa shape index (κ1) is 35.2. The summed E-state index contributed by atoms with van der Waals surface area (Å²) in [4.78, 5) is 15.9. The summed E-state index contributed by atoms with van der Waals surface area (Å²) in [6.07, 6.45) is 0. The lowest BCUT2D eigenvalue weighted by Crippen LogP contribution is -2.15. The van der Waals surface area contributed by atoms with E-state index in [1.54, 1.807) is 0 Å². The van der Waals surface area contributed by atoms with Gasteiger partial charge < -0.3 is 0 Å². The van der Waals surface area contributed by atoms with Gasteiger partial charge in [-0.15, -0.1) is 0 Å². The van der Waals surface area contributed by atoms with Crippen LogP contribution in [-0.2, 0) is 5.41 Å². The predicted molar refractivity (Wildman–Crippen MR) is 254 cm³/mol. The van der Waals surface area contributed by atoms with E-state index in [0.29, 0.717) is 17.5 Å². The van der Waals surface area contributed by atoms with Crippen molar-refractivity contribution in [3.05, 3.63) is 211 Å². The minimum atomic E-state index is -0.258. The van der Waals surface area contributed by atoms with E-state index in [1.807, 2.05) is 12.1 Å². The van der Waals surface area contributed by atoms with Gasteiger partial charge in [0.2, 0.25) is 0 Å². The van der Waals surface area contributed by atoms with Gasteiger partial charge in [0.15, 0.2) is 17.5 Å². The molecule has 1 aliphatic carbocycles. The summed E-state index contributed by atoms with van der Waals surface area (Å²) in [7, 11) is 0. The van der Waals surface area contributed by atoms with E-state index >= 15 is 0 Å². The number of aromatic nitrogens is 3. The molecule has 0 aliphatic heterocycles. The van der Waals surface area contributed by atoms with Crippen molar-refractivity contribution in [3.8, 4) is 78.7 Å². The number of hydrogen-bond donors (Lipinski definition) is 0. The topological polar surface area (TPSA) is 38.7 Å². The molecule has 1 aliphatic rings. The van der Waals surface area contributed by atoms with E-state index in [2.05, 4.69) is 202 Å². The van der Waals surface area contributed by atoms with E-state index in [4.69, 9.17) is 15.0 Å². The van der Waals surface area contributed by atoms with Gasteiger partial charge in [-0.3, -0.25) is 0 Å². The zero-order valence-corrected chi connectivity index (χ0v) is 33.9. The largest absolute Gasteiger partial charge is 0.208 e. The summed E-state index contributed by atoms with van der Waals surface area (Å²) in [6, 6.07) is 71.9. The lowest BCUT2D eigenvalue weighted by atomic mass is 9.81. The Morgan fingerprint density at radius 2 is 0.836 bits per heavy atom. The van der Waals surface area contributed by atoms with E-state index < -0.39 is 0 Å².